The van der Waals surface area contributed by atoms with E-state index in [1.165, 1.54) is 5.56 Å². The van der Waals surface area contributed by atoms with Crippen molar-refractivity contribution in [2.45, 2.75) is 19.8 Å². The maximum atomic E-state index is 5.95. The summed E-state index contributed by atoms with van der Waals surface area (Å²) in [6, 6.07) is 12.1. The number of benzene rings is 1. The van der Waals surface area contributed by atoms with Gasteiger partial charge in [-0.15, -0.1) is 0 Å². The number of halogens is 1. The highest BCUT2D eigenvalue weighted by Crippen LogP contribution is 2.23. The van der Waals surface area contributed by atoms with Crippen molar-refractivity contribution in [3.8, 4) is 0 Å². The highest BCUT2D eigenvalue weighted by atomic mass is 35.5. The molecule has 1 aliphatic rings. The van der Waals surface area contributed by atoms with Gasteiger partial charge in [0.25, 0.3) is 0 Å². The van der Waals surface area contributed by atoms with Gasteiger partial charge in [-0.3, -0.25) is 0 Å². The third kappa shape index (κ3) is 2.91. The fourth-order valence-electron chi connectivity index (χ4n) is 3.04. The molecule has 0 N–H and O–H groups in total. The van der Waals surface area contributed by atoms with Gasteiger partial charge >= 0.3 is 0 Å². The van der Waals surface area contributed by atoms with Crippen molar-refractivity contribution >= 4 is 23.1 Å². The largest absolute Gasteiger partial charge is 0.356 e. The molecule has 0 atom stereocenters. The van der Waals surface area contributed by atoms with E-state index < -0.39 is 0 Å². The standard InChI is InChI=1S/C18H18ClN4/c1-13-10-18(22-8-2-3-9-22)23-17(20-13)12-16(21-23)11-14-4-6-15(19)7-5-14/h2,4-7,10,12H,3,8-9,11H2,1H3. The Bertz CT molecular complexity index is 832. The Kier molecular flexibility index (Phi) is 3.69. The first-order valence-electron chi connectivity index (χ1n) is 7.86. The summed E-state index contributed by atoms with van der Waals surface area (Å²) in [4.78, 5) is 6.97. The summed E-state index contributed by atoms with van der Waals surface area (Å²) in [7, 11) is 0. The van der Waals surface area contributed by atoms with E-state index in [2.05, 4.69) is 28.4 Å². The minimum atomic E-state index is 0.758. The van der Waals surface area contributed by atoms with E-state index in [-0.39, 0.29) is 0 Å². The van der Waals surface area contributed by atoms with Crippen LogP contribution >= 0.6 is 11.6 Å². The second kappa shape index (κ2) is 5.85. The molecule has 23 heavy (non-hydrogen) atoms. The molecule has 1 radical (unpaired) electrons. The van der Waals surface area contributed by atoms with E-state index in [1.807, 2.05) is 35.7 Å². The number of fused-ring (bicyclic) bond motifs is 1. The molecular formula is C18H18ClN4. The molecule has 1 aliphatic heterocycles. The van der Waals surface area contributed by atoms with Gasteiger partial charge in [-0.2, -0.15) is 9.61 Å². The number of hydrogen-bond donors (Lipinski definition) is 0. The van der Waals surface area contributed by atoms with Gasteiger partial charge in [-0.1, -0.05) is 23.7 Å². The van der Waals surface area contributed by atoms with E-state index in [0.717, 1.165) is 53.8 Å². The highest BCUT2D eigenvalue weighted by Gasteiger charge is 2.17. The van der Waals surface area contributed by atoms with Gasteiger partial charge in [0.2, 0.25) is 0 Å². The van der Waals surface area contributed by atoms with Crippen LogP contribution in [-0.4, -0.2) is 27.7 Å². The minimum Gasteiger partial charge on any atom is -0.356 e. The lowest BCUT2D eigenvalue weighted by atomic mass is 10.1. The lowest BCUT2D eigenvalue weighted by molar-refractivity contribution is 0.832. The molecule has 0 aliphatic carbocycles. The molecule has 1 saturated heterocycles. The van der Waals surface area contributed by atoms with Crippen LogP contribution in [0.4, 0.5) is 5.82 Å². The van der Waals surface area contributed by atoms with Crippen molar-refractivity contribution in [2.75, 3.05) is 18.0 Å². The Balaban J connectivity index is 1.71. The normalized spacial score (nSPS) is 14.8. The number of anilines is 1. The van der Waals surface area contributed by atoms with Gasteiger partial charge in [-0.25, -0.2) is 4.98 Å². The third-order valence-corrected chi connectivity index (χ3v) is 4.41. The van der Waals surface area contributed by atoms with Crippen LogP contribution in [0.5, 0.6) is 0 Å². The van der Waals surface area contributed by atoms with Crippen LogP contribution in [0.1, 0.15) is 23.4 Å². The molecule has 0 saturated carbocycles. The molecule has 2 aromatic heterocycles. The summed E-state index contributed by atoms with van der Waals surface area (Å²) in [5.74, 6) is 1.13. The molecule has 4 rings (SSSR count). The Morgan fingerprint density at radius 2 is 2.00 bits per heavy atom. The van der Waals surface area contributed by atoms with E-state index in [0.29, 0.717) is 0 Å². The van der Waals surface area contributed by atoms with Crippen molar-refractivity contribution in [3.63, 3.8) is 0 Å². The Morgan fingerprint density at radius 3 is 2.74 bits per heavy atom. The van der Waals surface area contributed by atoms with Crippen LogP contribution in [0.2, 0.25) is 5.02 Å². The molecule has 0 bridgehead atoms. The number of aromatic nitrogens is 3. The van der Waals surface area contributed by atoms with Crippen molar-refractivity contribution in [1.29, 1.82) is 0 Å². The average molecular weight is 326 g/mol. The number of rotatable bonds is 3. The maximum Gasteiger partial charge on any atom is 0.157 e. The summed E-state index contributed by atoms with van der Waals surface area (Å²) in [5, 5.41) is 5.54. The predicted molar refractivity (Wildman–Crippen MR) is 93.1 cm³/mol. The summed E-state index contributed by atoms with van der Waals surface area (Å²) >= 11 is 5.95. The molecule has 3 heterocycles. The zero-order chi connectivity index (χ0) is 15.8. The van der Waals surface area contributed by atoms with Gasteiger partial charge in [0, 0.05) is 42.4 Å². The van der Waals surface area contributed by atoms with Gasteiger partial charge < -0.3 is 4.90 Å². The summed E-state index contributed by atoms with van der Waals surface area (Å²) in [5.41, 5.74) is 4.16. The van der Waals surface area contributed by atoms with Crippen LogP contribution in [-0.2, 0) is 6.42 Å². The summed E-state index contributed by atoms with van der Waals surface area (Å²) in [6.07, 6.45) is 4.21. The first kappa shape index (κ1) is 14.5. The quantitative estimate of drug-likeness (QED) is 0.736. The van der Waals surface area contributed by atoms with Crippen molar-refractivity contribution in [2.24, 2.45) is 0 Å². The fraction of sp³-hybridized carbons (Fsp3) is 0.278. The molecule has 117 valence electrons. The van der Waals surface area contributed by atoms with Gasteiger partial charge in [0.05, 0.1) is 5.69 Å². The molecule has 1 aromatic carbocycles. The SMILES string of the molecule is Cc1cc(N2C[CH]CC2)n2nc(Cc3ccc(Cl)cc3)cc2n1. The second-order valence-corrected chi connectivity index (χ2v) is 6.42. The summed E-state index contributed by atoms with van der Waals surface area (Å²) < 4.78 is 1.97. The molecule has 3 aromatic rings. The van der Waals surface area contributed by atoms with E-state index in [4.69, 9.17) is 16.7 Å². The zero-order valence-corrected chi connectivity index (χ0v) is 13.8. The van der Waals surface area contributed by atoms with Gasteiger partial charge in [0.15, 0.2) is 5.65 Å². The maximum absolute atomic E-state index is 5.95. The first-order valence-corrected chi connectivity index (χ1v) is 8.24. The zero-order valence-electron chi connectivity index (χ0n) is 13.0. The van der Waals surface area contributed by atoms with Gasteiger partial charge in [0.1, 0.15) is 5.82 Å². The third-order valence-electron chi connectivity index (χ3n) is 4.16. The number of nitrogens with zero attached hydrogens (tertiary/aromatic N) is 4. The first-order chi connectivity index (χ1) is 11.2. The molecule has 0 unspecified atom stereocenters. The van der Waals surface area contributed by atoms with Gasteiger partial charge in [-0.05, 0) is 37.5 Å². The fourth-order valence-corrected chi connectivity index (χ4v) is 3.17. The van der Waals surface area contributed by atoms with Crippen LogP contribution in [0, 0.1) is 13.3 Å². The molecule has 1 fully saturated rings. The Morgan fingerprint density at radius 1 is 1.17 bits per heavy atom. The van der Waals surface area contributed by atoms with Crippen molar-refractivity contribution in [1.82, 2.24) is 14.6 Å². The van der Waals surface area contributed by atoms with Crippen LogP contribution in [0.15, 0.2) is 36.4 Å². The average Bonchev–Trinajstić information content (AvgIpc) is 3.18. The highest BCUT2D eigenvalue weighted by molar-refractivity contribution is 6.30. The monoisotopic (exact) mass is 325 g/mol. The number of hydrogen-bond acceptors (Lipinski definition) is 3. The predicted octanol–water partition coefficient (Wildman–Crippen LogP) is 3.70. The van der Waals surface area contributed by atoms with Crippen molar-refractivity contribution < 1.29 is 0 Å². The van der Waals surface area contributed by atoms with E-state index in [9.17, 15) is 0 Å². The summed E-state index contributed by atoms with van der Waals surface area (Å²) in [6.45, 7) is 4.06. The lowest BCUT2D eigenvalue weighted by Gasteiger charge is -2.18. The number of aryl methyl sites for hydroxylation is 1. The molecule has 5 heteroatoms. The Hall–Kier alpha value is -2.07. The minimum absolute atomic E-state index is 0.758. The molecule has 0 amide bonds. The molecule has 4 nitrogen and oxygen atoms in total. The topological polar surface area (TPSA) is 33.4 Å². The van der Waals surface area contributed by atoms with Crippen LogP contribution in [0.3, 0.4) is 0 Å². The molecule has 0 spiro atoms. The van der Waals surface area contributed by atoms with E-state index >= 15 is 0 Å². The van der Waals surface area contributed by atoms with Crippen LogP contribution in [0.25, 0.3) is 5.65 Å². The van der Waals surface area contributed by atoms with E-state index in [1.54, 1.807) is 0 Å². The second-order valence-electron chi connectivity index (χ2n) is 5.99. The Labute approximate surface area is 140 Å². The van der Waals surface area contributed by atoms with Crippen molar-refractivity contribution in [3.05, 3.63) is 64.8 Å². The lowest BCUT2D eigenvalue weighted by Crippen LogP contribution is -2.21. The smallest absolute Gasteiger partial charge is 0.157 e. The van der Waals surface area contributed by atoms with Crippen LogP contribution < -0.4 is 4.90 Å². The molecular weight excluding hydrogens is 308 g/mol.